The third-order valence-electron chi connectivity index (χ3n) is 2.02. The van der Waals surface area contributed by atoms with Crippen LogP contribution in [0.1, 0.15) is 5.69 Å². The number of carbonyl (C=O) groups excluding carboxylic acids is 1. The number of carbonyl (C=O) groups is 1. The van der Waals surface area contributed by atoms with Crippen LogP contribution in [0.15, 0.2) is 41.7 Å². The molecule has 17 heavy (non-hydrogen) atoms. The van der Waals surface area contributed by atoms with Gasteiger partial charge >= 0.3 is 0 Å². The van der Waals surface area contributed by atoms with Gasteiger partial charge in [-0.1, -0.05) is 17.8 Å². The van der Waals surface area contributed by atoms with E-state index in [1.54, 1.807) is 12.4 Å². The van der Waals surface area contributed by atoms with E-state index >= 15 is 0 Å². The van der Waals surface area contributed by atoms with Gasteiger partial charge < -0.3 is 5.32 Å². The molecule has 88 valence electrons. The Morgan fingerprint density at radius 1 is 1.35 bits per heavy atom. The van der Waals surface area contributed by atoms with Gasteiger partial charge in [0.25, 0.3) is 0 Å². The van der Waals surface area contributed by atoms with Crippen LogP contribution in [0.2, 0.25) is 0 Å². The number of nitrogens with one attached hydrogen (secondary N) is 2. The van der Waals surface area contributed by atoms with Crippen molar-refractivity contribution in [2.45, 2.75) is 11.6 Å². The van der Waals surface area contributed by atoms with Crippen molar-refractivity contribution in [1.29, 1.82) is 0 Å². The zero-order valence-corrected chi connectivity index (χ0v) is 9.91. The number of hydrogen-bond acceptors (Lipinski definition) is 4. The quantitative estimate of drug-likeness (QED) is 0.780. The van der Waals surface area contributed by atoms with E-state index < -0.39 is 0 Å². The van der Waals surface area contributed by atoms with E-state index in [9.17, 15) is 4.79 Å². The Morgan fingerprint density at radius 3 is 3.00 bits per heavy atom. The van der Waals surface area contributed by atoms with Crippen LogP contribution >= 0.6 is 11.8 Å². The second-order valence-electron chi connectivity index (χ2n) is 3.32. The molecule has 1 amide bonds. The molecule has 0 spiro atoms. The fourth-order valence-electron chi connectivity index (χ4n) is 1.20. The topological polar surface area (TPSA) is 70.7 Å². The molecule has 0 aliphatic heterocycles. The lowest BCUT2D eigenvalue weighted by Gasteiger charge is -2.02. The SMILES string of the molecule is O=C(CSc1ccccn1)NCc1ccn[nH]1. The highest BCUT2D eigenvalue weighted by Crippen LogP contribution is 2.12. The molecule has 5 nitrogen and oxygen atoms in total. The molecule has 0 atom stereocenters. The van der Waals surface area contributed by atoms with E-state index in [2.05, 4.69) is 20.5 Å². The summed E-state index contributed by atoms with van der Waals surface area (Å²) in [5.74, 6) is 0.348. The number of H-pyrrole nitrogens is 1. The first-order chi connectivity index (χ1) is 8.34. The number of amides is 1. The van der Waals surface area contributed by atoms with Gasteiger partial charge in [0.15, 0.2) is 0 Å². The summed E-state index contributed by atoms with van der Waals surface area (Å²) in [6.07, 6.45) is 3.37. The molecule has 0 saturated carbocycles. The summed E-state index contributed by atoms with van der Waals surface area (Å²) in [6.45, 7) is 0.474. The Kier molecular flexibility index (Phi) is 4.15. The molecule has 2 rings (SSSR count). The average Bonchev–Trinajstić information content (AvgIpc) is 2.88. The van der Waals surface area contributed by atoms with Gasteiger partial charge in [0, 0.05) is 12.4 Å². The lowest BCUT2D eigenvalue weighted by Crippen LogP contribution is -2.24. The summed E-state index contributed by atoms with van der Waals surface area (Å²) in [4.78, 5) is 15.6. The molecular weight excluding hydrogens is 236 g/mol. The molecule has 0 bridgehead atoms. The predicted octanol–water partition coefficient (Wildman–Crippen LogP) is 1.21. The van der Waals surface area contributed by atoms with Crippen LogP contribution in [-0.4, -0.2) is 26.8 Å². The third-order valence-corrected chi connectivity index (χ3v) is 2.97. The maximum absolute atomic E-state index is 11.5. The average molecular weight is 248 g/mol. The number of thioether (sulfide) groups is 1. The van der Waals surface area contributed by atoms with Crippen molar-refractivity contribution >= 4 is 17.7 Å². The van der Waals surface area contributed by atoms with E-state index in [0.717, 1.165) is 10.7 Å². The van der Waals surface area contributed by atoms with E-state index in [0.29, 0.717) is 12.3 Å². The maximum Gasteiger partial charge on any atom is 0.230 e. The van der Waals surface area contributed by atoms with Crippen LogP contribution < -0.4 is 5.32 Å². The summed E-state index contributed by atoms with van der Waals surface area (Å²) in [6, 6.07) is 7.46. The minimum atomic E-state index is -0.0183. The van der Waals surface area contributed by atoms with Crippen LogP contribution in [0.25, 0.3) is 0 Å². The van der Waals surface area contributed by atoms with E-state index in [1.165, 1.54) is 11.8 Å². The standard InChI is InChI=1S/C11H12N4OS/c16-10(13-7-9-4-6-14-15-9)8-17-11-3-1-2-5-12-11/h1-6H,7-8H2,(H,13,16)(H,14,15). The van der Waals surface area contributed by atoms with Crippen LogP contribution in [0.5, 0.6) is 0 Å². The van der Waals surface area contributed by atoms with Gasteiger partial charge in [0.05, 0.1) is 23.0 Å². The Balaban J connectivity index is 1.71. The molecule has 6 heteroatoms. The van der Waals surface area contributed by atoms with Crippen LogP contribution in [-0.2, 0) is 11.3 Å². The third kappa shape index (κ3) is 3.92. The van der Waals surface area contributed by atoms with Crippen molar-refractivity contribution in [3.05, 3.63) is 42.4 Å². The molecular formula is C11H12N4OS. The Morgan fingerprint density at radius 2 is 2.29 bits per heavy atom. The van der Waals surface area contributed by atoms with Crippen molar-refractivity contribution in [2.24, 2.45) is 0 Å². The molecule has 2 aromatic rings. The second-order valence-corrected chi connectivity index (χ2v) is 4.31. The van der Waals surface area contributed by atoms with Crippen molar-refractivity contribution in [1.82, 2.24) is 20.5 Å². The predicted molar refractivity (Wildman–Crippen MR) is 65.4 cm³/mol. The normalized spacial score (nSPS) is 10.1. The molecule has 0 unspecified atom stereocenters. The molecule has 0 fully saturated rings. The summed E-state index contributed by atoms with van der Waals surface area (Å²) >= 11 is 1.42. The lowest BCUT2D eigenvalue weighted by molar-refractivity contribution is -0.118. The lowest BCUT2D eigenvalue weighted by atomic mass is 10.4. The zero-order chi connectivity index (χ0) is 11.9. The fourth-order valence-corrected chi connectivity index (χ4v) is 1.89. The van der Waals surface area contributed by atoms with Crippen molar-refractivity contribution in [3.8, 4) is 0 Å². The van der Waals surface area contributed by atoms with E-state index in [-0.39, 0.29) is 5.91 Å². The fraction of sp³-hybridized carbons (Fsp3) is 0.182. The number of pyridine rings is 1. The number of hydrogen-bond donors (Lipinski definition) is 2. The Labute approximate surface area is 103 Å². The highest BCUT2D eigenvalue weighted by Gasteiger charge is 2.03. The highest BCUT2D eigenvalue weighted by molar-refractivity contribution is 7.99. The van der Waals surface area contributed by atoms with Crippen molar-refractivity contribution < 1.29 is 4.79 Å². The van der Waals surface area contributed by atoms with Crippen molar-refractivity contribution in [2.75, 3.05) is 5.75 Å². The summed E-state index contributed by atoms with van der Waals surface area (Å²) < 4.78 is 0. The van der Waals surface area contributed by atoms with Crippen LogP contribution in [0.3, 0.4) is 0 Å². The minimum absolute atomic E-state index is 0.0183. The first kappa shape index (κ1) is 11.7. The summed E-state index contributed by atoms with van der Waals surface area (Å²) in [5.41, 5.74) is 0.890. The first-order valence-corrected chi connectivity index (χ1v) is 6.12. The summed E-state index contributed by atoms with van der Waals surface area (Å²) in [7, 11) is 0. The van der Waals surface area contributed by atoms with E-state index in [4.69, 9.17) is 0 Å². The molecule has 2 aromatic heterocycles. The van der Waals surface area contributed by atoms with Gasteiger partial charge in [0.1, 0.15) is 0 Å². The second kappa shape index (κ2) is 6.05. The molecule has 0 aliphatic rings. The maximum atomic E-state index is 11.5. The van der Waals surface area contributed by atoms with Crippen LogP contribution in [0.4, 0.5) is 0 Å². The monoisotopic (exact) mass is 248 g/mol. The molecule has 0 saturated heterocycles. The molecule has 2 heterocycles. The Hall–Kier alpha value is -1.82. The first-order valence-electron chi connectivity index (χ1n) is 5.13. The van der Waals surface area contributed by atoms with Crippen molar-refractivity contribution in [3.63, 3.8) is 0 Å². The zero-order valence-electron chi connectivity index (χ0n) is 9.09. The largest absolute Gasteiger partial charge is 0.350 e. The number of rotatable bonds is 5. The van der Waals surface area contributed by atoms with Gasteiger partial charge in [-0.25, -0.2) is 4.98 Å². The van der Waals surface area contributed by atoms with Gasteiger partial charge in [-0.15, -0.1) is 0 Å². The number of aromatic nitrogens is 3. The highest BCUT2D eigenvalue weighted by atomic mass is 32.2. The number of nitrogens with zero attached hydrogens (tertiary/aromatic N) is 2. The molecule has 0 aromatic carbocycles. The van der Waals surface area contributed by atoms with Gasteiger partial charge in [-0.05, 0) is 18.2 Å². The number of aromatic amines is 1. The van der Waals surface area contributed by atoms with Gasteiger partial charge in [-0.2, -0.15) is 5.10 Å². The Bertz CT molecular complexity index is 458. The van der Waals surface area contributed by atoms with Gasteiger partial charge in [-0.3, -0.25) is 9.89 Å². The molecule has 0 aliphatic carbocycles. The molecule has 2 N–H and O–H groups in total. The van der Waals surface area contributed by atoms with E-state index in [1.807, 2.05) is 24.3 Å². The van der Waals surface area contributed by atoms with Gasteiger partial charge in [0.2, 0.25) is 5.91 Å². The molecule has 0 radical (unpaired) electrons. The minimum Gasteiger partial charge on any atom is -0.350 e. The summed E-state index contributed by atoms with van der Waals surface area (Å²) in [5, 5.41) is 10.2. The smallest absolute Gasteiger partial charge is 0.230 e. The van der Waals surface area contributed by atoms with Crippen LogP contribution in [0, 0.1) is 0 Å².